The van der Waals surface area contributed by atoms with E-state index < -0.39 is 0 Å². The zero-order valence-electron chi connectivity index (χ0n) is 8.71. The van der Waals surface area contributed by atoms with Gasteiger partial charge in [0.05, 0.1) is 5.69 Å². The third-order valence-corrected chi connectivity index (χ3v) is 1.82. The number of phenolic OH excluding ortho intramolecular Hbond substituents is 1. The molecular formula is C12H14N2O2. The second-order valence-corrected chi connectivity index (χ2v) is 2.99. The van der Waals surface area contributed by atoms with Crippen molar-refractivity contribution in [3.8, 4) is 11.5 Å². The van der Waals surface area contributed by atoms with Gasteiger partial charge in [0.2, 0.25) is 0 Å². The number of hydrogen-bond acceptors (Lipinski definition) is 4. The van der Waals surface area contributed by atoms with E-state index in [2.05, 4.69) is 4.84 Å². The summed E-state index contributed by atoms with van der Waals surface area (Å²) in [6.07, 6.45) is 0. The molecule has 16 heavy (non-hydrogen) atoms. The van der Waals surface area contributed by atoms with Gasteiger partial charge in [-0.15, -0.1) is 0 Å². The molecule has 0 heterocycles. The molecule has 4 heteroatoms. The van der Waals surface area contributed by atoms with Gasteiger partial charge in [-0.2, -0.15) is 5.90 Å². The van der Waals surface area contributed by atoms with Gasteiger partial charge in [0.1, 0.15) is 11.5 Å². The largest absolute Gasteiger partial charge is 0.506 e. The summed E-state index contributed by atoms with van der Waals surface area (Å²) in [6.45, 7) is 0. The Bertz CT molecular complexity index is 397. The molecule has 0 spiro atoms. The summed E-state index contributed by atoms with van der Waals surface area (Å²) in [5.41, 5.74) is 5.69. The number of nitrogens with two attached hydrogens (primary N) is 2. The van der Waals surface area contributed by atoms with Crippen LogP contribution in [0, 0.1) is 0 Å². The van der Waals surface area contributed by atoms with Crippen LogP contribution >= 0.6 is 0 Å². The normalized spacial score (nSPS) is 8.81. The fourth-order valence-corrected chi connectivity index (χ4v) is 0.987. The number of benzene rings is 2. The van der Waals surface area contributed by atoms with Gasteiger partial charge < -0.3 is 15.7 Å². The summed E-state index contributed by atoms with van der Waals surface area (Å²) >= 11 is 0. The summed E-state index contributed by atoms with van der Waals surface area (Å²) in [5.74, 6) is 5.68. The lowest BCUT2D eigenvalue weighted by atomic mass is 10.3. The number of para-hydroxylation sites is 3. The lowest BCUT2D eigenvalue weighted by molar-refractivity contribution is 0.334. The van der Waals surface area contributed by atoms with E-state index in [1.54, 1.807) is 36.4 Å². The zero-order valence-corrected chi connectivity index (χ0v) is 8.71. The SMILES string of the molecule is NOc1ccccc1.Nc1ccccc1O. The van der Waals surface area contributed by atoms with Crippen molar-refractivity contribution in [2.24, 2.45) is 5.90 Å². The topological polar surface area (TPSA) is 81.5 Å². The van der Waals surface area contributed by atoms with Crippen molar-refractivity contribution >= 4 is 5.69 Å². The van der Waals surface area contributed by atoms with E-state index >= 15 is 0 Å². The van der Waals surface area contributed by atoms with Crippen LogP contribution in [0.1, 0.15) is 0 Å². The molecule has 0 atom stereocenters. The van der Waals surface area contributed by atoms with Crippen LogP contribution in [-0.4, -0.2) is 5.11 Å². The predicted molar refractivity (Wildman–Crippen MR) is 63.8 cm³/mol. The average Bonchev–Trinajstić information content (AvgIpc) is 2.35. The molecule has 0 bridgehead atoms. The molecule has 4 nitrogen and oxygen atoms in total. The van der Waals surface area contributed by atoms with Crippen LogP contribution in [-0.2, 0) is 0 Å². The number of aromatic hydroxyl groups is 1. The highest BCUT2D eigenvalue weighted by Crippen LogP contribution is 2.16. The molecule has 84 valence electrons. The third-order valence-electron chi connectivity index (χ3n) is 1.82. The summed E-state index contributed by atoms with van der Waals surface area (Å²) in [5, 5.41) is 8.79. The minimum absolute atomic E-state index is 0.146. The molecule has 5 N–H and O–H groups in total. The van der Waals surface area contributed by atoms with E-state index in [0.29, 0.717) is 11.4 Å². The fraction of sp³-hybridized carbons (Fsp3) is 0. The van der Waals surface area contributed by atoms with Crippen molar-refractivity contribution in [1.29, 1.82) is 0 Å². The molecule has 2 aromatic carbocycles. The Morgan fingerprint density at radius 3 is 1.81 bits per heavy atom. The molecule has 2 rings (SSSR count). The Morgan fingerprint density at radius 1 is 0.875 bits per heavy atom. The molecule has 0 aromatic heterocycles. The fourth-order valence-electron chi connectivity index (χ4n) is 0.987. The van der Waals surface area contributed by atoms with Crippen LogP contribution in [0.25, 0.3) is 0 Å². The van der Waals surface area contributed by atoms with Crippen LogP contribution in [0.4, 0.5) is 5.69 Å². The van der Waals surface area contributed by atoms with Gasteiger partial charge in [-0.25, -0.2) is 0 Å². The Kier molecular flexibility index (Phi) is 4.69. The van der Waals surface area contributed by atoms with Crippen LogP contribution < -0.4 is 16.5 Å². The maximum absolute atomic E-state index is 8.79. The molecule has 0 fully saturated rings. The predicted octanol–water partition coefficient (Wildman–Crippen LogP) is 1.91. The average molecular weight is 218 g/mol. The van der Waals surface area contributed by atoms with Gasteiger partial charge in [0.25, 0.3) is 0 Å². The summed E-state index contributed by atoms with van der Waals surface area (Å²) in [6, 6.07) is 15.9. The standard InChI is InChI=1S/2C6H7NO/c7-8-6-4-2-1-3-5-6;7-5-3-1-2-4-6(5)8/h1-5H,7H2;1-4,8H,7H2. The van der Waals surface area contributed by atoms with E-state index in [9.17, 15) is 0 Å². The van der Waals surface area contributed by atoms with E-state index in [1.165, 1.54) is 0 Å². The van der Waals surface area contributed by atoms with Crippen molar-refractivity contribution in [2.45, 2.75) is 0 Å². The molecule has 0 saturated carbocycles. The highest BCUT2D eigenvalue weighted by Gasteiger charge is 1.87. The third kappa shape index (κ3) is 3.89. The number of hydrogen-bond donors (Lipinski definition) is 3. The smallest absolute Gasteiger partial charge is 0.146 e. The maximum atomic E-state index is 8.79. The second kappa shape index (κ2) is 6.31. The Labute approximate surface area is 94.0 Å². The zero-order chi connectivity index (χ0) is 11.8. The first-order chi connectivity index (χ1) is 7.74. The van der Waals surface area contributed by atoms with Gasteiger partial charge in [-0.3, -0.25) is 0 Å². The quantitative estimate of drug-likeness (QED) is 0.388. The highest BCUT2D eigenvalue weighted by molar-refractivity contribution is 5.50. The molecule has 0 aliphatic heterocycles. The molecule has 0 aliphatic carbocycles. The second-order valence-electron chi connectivity index (χ2n) is 2.99. The monoisotopic (exact) mass is 218 g/mol. The summed E-state index contributed by atoms with van der Waals surface area (Å²) in [7, 11) is 0. The summed E-state index contributed by atoms with van der Waals surface area (Å²) in [4.78, 5) is 4.41. The molecule has 0 aliphatic rings. The van der Waals surface area contributed by atoms with Crippen LogP contribution in [0.3, 0.4) is 0 Å². The first kappa shape index (κ1) is 11.9. The van der Waals surface area contributed by atoms with Gasteiger partial charge in [0, 0.05) is 0 Å². The van der Waals surface area contributed by atoms with Crippen molar-refractivity contribution in [3.63, 3.8) is 0 Å². The first-order valence-corrected chi connectivity index (χ1v) is 4.69. The van der Waals surface area contributed by atoms with Crippen LogP contribution in [0.5, 0.6) is 11.5 Å². The Balaban J connectivity index is 0.000000160. The molecule has 0 radical (unpaired) electrons. The lowest BCUT2D eigenvalue weighted by Gasteiger charge is -1.92. The van der Waals surface area contributed by atoms with E-state index in [4.69, 9.17) is 16.7 Å². The maximum Gasteiger partial charge on any atom is 0.146 e. The summed E-state index contributed by atoms with van der Waals surface area (Å²) < 4.78 is 0. The van der Waals surface area contributed by atoms with Crippen LogP contribution in [0.15, 0.2) is 54.6 Å². The van der Waals surface area contributed by atoms with Crippen molar-refractivity contribution in [1.82, 2.24) is 0 Å². The van der Waals surface area contributed by atoms with Gasteiger partial charge >= 0.3 is 0 Å². The van der Waals surface area contributed by atoms with Gasteiger partial charge in [0.15, 0.2) is 0 Å². The highest BCUT2D eigenvalue weighted by atomic mass is 16.6. The molecule has 0 amide bonds. The molecule has 0 saturated heterocycles. The first-order valence-electron chi connectivity index (χ1n) is 4.69. The van der Waals surface area contributed by atoms with Crippen LogP contribution in [0.2, 0.25) is 0 Å². The molecule has 2 aromatic rings. The van der Waals surface area contributed by atoms with E-state index in [0.717, 1.165) is 0 Å². The minimum Gasteiger partial charge on any atom is -0.506 e. The van der Waals surface area contributed by atoms with Crippen molar-refractivity contribution in [3.05, 3.63) is 54.6 Å². The number of nitrogen functional groups attached to an aromatic ring is 1. The number of rotatable bonds is 1. The number of anilines is 1. The Hall–Kier alpha value is -2.20. The molecule has 0 unspecified atom stereocenters. The van der Waals surface area contributed by atoms with Crippen molar-refractivity contribution in [2.75, 3.05) is 5.73 Å². The minimum atomic E-state index is 0.146. The number of phenols is 1. The van der Waals surface area contributed by atoms with Gasteiger partial charge in [-0.1, -0.05) is 30.3 Å². The Morgan fingerprint density at radius 2 is 1.44 bits per heavy atom. The van der Waals surface area contributed by atoms with Gasteiger partial charge in [-0.05, 0) is 24.3 Å². The van der Waals surface area contributed by atoms with E-state index in [-0.39, 0.29) is 5.75 Å². The lowest BCUT2D eigenvalue weighted by Crippen LogP contribution is -2.00. The van der Waals surface area contributed by atoms with Crippen molar-refractivity contribution < 1.29 is 9.94 Å². The molecular weight excluding hydrogens is 204 g/mol. The van der Waals surface area contributed by atoms with E-state index in [1.807, 2.05) is 18.2 Å².